The summed E-state index contributed by atoms with van der Waals surface area (Å²) in [6.07, 6.45) is 1.28. The van der Waals surface area contributed by atoms with E-state index in [1.807, 2.05) is 16.8 Å². The van der Waals surface area contributed by atoms with E-state index in [0.717, 1.165) is 5.56 Å². The minimum atomic E-state index is -3.60. The highest BCUT2D eigenvalue weighted by molar-refractivity contribution is 7.89. The minimum absolute atomic E-state index is 0.0639. The molecule has 27 heavy (non-hydrogen) atoms. The highest BCUT2D eigenvalue weighted by atomic mass is 32.2. The Labute approximate surface area is 161 Å². The van der Waals surface area contributed by atoms with E-state index in [2.05, 4.69) is 10.2 Å². The first-order valence-electron chi connectivity index (χ1n) is 8.58. The van der Waals surface area contributed by atoms with Crippen molar-refractivity contribution in [1.82, 2.24) is 14.5 Å². The number of para-hydroxylation sites is 1. The number of thiophene rings is 1. The van der Waals surface area contributed by atoms with Crippen molar-refractivity contribution in [2.45, 2.75) is 23.7 Å². The first kappa shape index (κ1) is 18.1. The SMILES string of the molecule is COc1ccccc1S(=O)(=O)N1CCC(c2nnc(-c3ccsc3)o2)CC1. The summed E-state index contributed by atoms with van der Waals surface area (Å²) in [4.78, 5) is 0.198. The van der Waals surface area contributed by atoms with Crippen LogP contribution in [0.1, 0.15) is 24.7 Å². The van der Waals surface area contributed by atoms with Gasteiger partial charge in [-0.25, -0.2) is 8.42 Å². The molecule has 0 radical (unpaired) electrons. The number of methoxy groups -OCH3 is 1. The van der Waals surface area contributed by atoms with Crippen molar-refractivity contribution in [3.63, 3.8) is 0 Å². The highest BCUT2D eigenvalue weighted by Crippen LogP contribution is 2.33. The maximum absolute atomic E-state index is 13.0. The Kier molecular flexibility index (Phi) is 4.98. The lowest BCUT2D eigenvalue weighted by molar-refractivity contribution is 0.290. The molecule has 0 atom stereocenters. The van der Waals surface area contributed by atoms with E-state index in [1.54, 1.807) is 35.6 Å². The Hall–Kier alpha value is -2.23. The van der Waals surface area contributed by atoms with Crippen molar-refractivity contribution >= 4 is 21.4 Å². The molecule has 1 aliphatic rings. The molecule has 1 fully saturated rings. The van der Waals surface area contributed by atoms with Crippen molar-refractivity contribution in [3.05, 3.63) is 47.0 Å². The van der Waals surface area contributed by atoms with Crippen LogP contribution in [0.5, 0.6) is 5.75 Å². The van der Waals surface area contributed by atoms with E-state index < -0.39 is 10.0 Å². The van der Waals surface area contributed by atoms with Gasteiger partial charge >= 0.3 is 0 Å². The molecule has 2 aromatic heterocycles. The molecular weight excluding hydrogens is 386 g/mol. The maximum Gasteiger partial charge on any atom is 0.248 e. The fourth-order valence-electron chi connectivity index (χ4n) is 3.22. The van der Waals surface area contributed by atoms with Crippen LogP contribution >= 0.6 is 11.3 Å². The molecule has 7 nitrogen and oxygen atoms in total. The molecule has 0 N–H and O–H groups in total. The van der Waals surface area contributed by atoms with E-state index >= 15 is 0 Å². The van der Waals surface area contributed by atoms with Crippen LogP contribution in [-0.4, -0.2) is 43.1 Å². The number of sulfonamides is 1. The smallest absolute Gasteiger partial charge is 0.248 e. The van der Waals surface area contributed by atoms with Crippen LogP contribution in [-0.2, 0) is 10.0 Å². The topological polar surface area (TPSA) is 85.5 Å². The molecule has 0 aliphatic carbocycles. The van der Waals surface area contributed by atoms with Gasteiger partial charge in [0.2, 0.25) is 21.8 Å². The van der Waals surface area contributed by atoms with Gasteiger partial charge in [0.1, 0.15) is 10.6 Å². The summed E-state index contributed by atoms with van der Waals surface area (Å²) in [6, 6.07) is 8.62. The van der Waals surface area contributed by atoms with Crippen LogP contribution < -0.4 is 4.74 Å². The van der Waals surface area contributed by atoms with Gasteiger partial charge in [0.15, 0.2) is 0 Å². The predicted octanol–water partition coefficient (Wildman–Crippen LogP) is 3.38. The summed E-state index contributed by atoms with van der Waals surface area (Å²) in [5.41, 5.74) is 0.912. The molecule has 3 aromatic rings. The number of ether oxygens (including phenoxy) is 1. The summed E-state index contributed by atoms with van der Waals surface area (Å²) < 4.78 is 38.4. The van der Waals surface area contributed by atoms with E-state index in [4.69, 9.17) is 9.15 Å². The molecule has 142 valence electrons. The molecule has 1 saturated heterocycles. The zero-order valence-corrected chi connectivity index (χ0v) is 16.4. The van der Waals surface area contributed by atoms with Crippen LogP contribution in [0.25, 0.3) is 11.5 Å². The van der Waals surface area contributed by atoms with E-state index in [0.29, 0.717) is 43.5 Å². The molecule has 9 heteroatoms. The maximum atomic E-state index is 13.0. The Balaban J connectivity index is 1.47. The van der Waals surface area contributed by atoms with Crippen molar-refractivity contribution in [1.29, 1.82) is 0 Å². The molecule has 1 aliphatic heterocycles. The Morgan fingerprint density at radius 1 is 1.19 bits per heavy atom. The minimum Gasteiger partial charge on any atom is -0.495 e. The summed E-state index contributed by atoms with van der Waals surface area (Å²) in [5, 5.41) is 12.2. The first-order valence-corrected chi connectivity index (χ1v) is 11.0. The average Bonchev–Trinajstić information content (AvgIpc) is 3.39. The first-order chi connectivity index (χ1) is 13.1. The second kappa shape index (κ2) is 7.41. The van der Waals surface area contributed by atoms with Gasteiger partial charge in [-0.15, -0.1) is 10.2 Å². The predicted molar refractivity (Wildman–Crippen MR) is 101 cm³/mol. The molecular formula is C18H19N3O4S2. The quantitative estimate of drug-likeness (QED) is 0.647. The van der Waals surface area contributed by atoms with E-state index in [1.165, 1.54) is 11.4 Å². The van der Waals surface area contributed by atoms with Crippen molar-refractivity contribution in [2.24, 2.45) is 0 Å². The normalized spacial score (nSPS) is 16.5. The fraction of sp³-hybridized carbons (Fsp3) is 0.333. The van der Waals surface area contributed by atoms with Crippen LogP contribution in [0, 0.1) is 0 Å². The van der Waals surface area contributed by atoms with Gasteiger partial charge < -0.3 is 9.15 Å². The molecule has 0 amide bonds. The third-order valence-corrected chi connectivity index (χ3v) is 7.32. The standard InChI is InChI=1S/C18H19N3O4S2/c1-24-15-4-2-3-5-16(15)27(22,23)21-9-6-13(7-10-21)17-19-20-18(25-17)14-8-11-26-12-14/h2-5,8,11-13H,6-7,9-10H2,1H3. The van der Waals surface area contributed by atoms with Gasteiger partial charge in [-0.3, -0.25) is 0 Å². The Morgan fingerprint density at radius 3 is 2.67 bits per heavy atom. The molecule has 3 heterocycles. The summed E-state index contributed by atoms with van der Waals surface area (Å²) in [6.45, 7) is 0.808. The summed E-state index contributed by atoms with van der Waals surface area (Å²) in [7, 11) is -2.12. The second-order valence-electron chi connectivity index (χ2n) is 6.29. The third-order valence-electron chi connectivity index (χ3n) is 4.70. The molecule has 0 spiro atoms. The number of piperidine rings is 1. The van der Waals surface area contributed by atoms with Crippen molar-refractivity contribution < 1.29 is 17.6 Å². The van der Waals surface area contributed by atoms with E-state index in [-0.39, 0.29) is 10.8 Å². The molecule has 4 rings (SSSR count). The third kappa shape index (κ3) is 3.50. The largest absolute Gasteiger partial charge is 0.495 e. The van der Waals surface area contributed by atoms with E-state index in [9.17, 15) is 8.42 Å². The van der Waals surface area contributed by atoms with Gasteiger partial charge in [0.05, 0.1) is 7.11 Å². The summed E-state index contributed by atoms with van der Waals surface area (Å²) in [5.74, 6) is 1.51. The lowest BCUT2D eigenvalue weighted by Crippen LogP contribution is -2.38. The fourth-order valence-corrected chi connectivity index (χ4v) is 5.47. The van der Waals surface area contributed by atoms with Crippen LogP contribution in [0.2, 0.25) is 0 Å². The molecule has 0 unspecified atom stereocenters. The van der Waals surface area contributed by atoms with Crippen molar-refractivity contribution in [2.75, 3.05) is 20.2 Å². The van der Waals surface area contributed by atoms with Gasteiger partial charge in [-0.2, -0.15) is 15.6 Å². The number of benzene rings is 1. The lowest BCUT2D eigenvalue weighted by Gasteiger charge is -2.30. The van der Waals surface area contributed by atoms with Crippen molar-refractivity contribution in [3.8, 4) is 17.2 Å². The highest BCUT2D eigenvalue weighted by Gasteiger charge is 2.33. The van der Waals surface area contributed by atoms with Crippen LogP contribution in [0.15, 0.2) is 50.4 Å². The zero-order valence-electron chi connectivity index (χ0n) is 14.7. The zero-order chi connectivity index (χ0) is 18.9. The second-order valence-corrected chi connectivity index (χ2v) is 8.97. The average molecular weight is 406 g/mol. The molecule has 0 bridgehead atoms. The van der Waals surface area contributed by atoms with Crippen LogP contribution in [0.3, 0.4) is 0 Å². The molecule has 0 saturated carbocycles. The number of rotatable bonds is 5. The monoisotopic (exact) mass is 405 g/mol. The van der Waals surface area contributed by atoms with Gasteiger partial charge in [0, 0.05) is 30.0 Å². The van der Waals surface area contributed by atoms with Crippen LogP contribution in [0.4, 0.5) is 0 Å². The number of hydrogen-bond acceptors (Lipinski definition) is 7. The van der Waals surface area contributed by atoms with Gasteiger partial charge in [0.25, 0.3) is 0 Å². The summed E-state index contributed by atoms with van der Waals surface area (Å²) >= 11 is 1.57. The Bertz CT molecular complexity index is 1010. The number of hydrogen-bond donors (Lipinski definition) is 0. The number of nitrogens with zero attached hydrogens (tertiary/aromatic N) is 3. The Morgan fingerprint density at radius 2 is 1.96 bits per heavy atom. The lowest BCUT2D eigenvalue weighted by atomic mass is 9.98. The van der Waals surface area contributed by atoms with Gasteiger partial charge in [-0.05, 0) is 36.4 Å². The molecule has 1 aromatic carbocycles. The van der Waals surface area contributed by atoms with Gasteiger partial charge in [-0.1, -0.05) is 12.1 Å². The number of aromatic nitrogens is 2.